The number of fused-ring (bicyclic) bond motifs is 1. The van der Waals surface area contributed by atoms with E-state index in [1.54, 1.807) is 18.3 Å². The van der Waals surface area contributed by atoms with Crippen LogP contribution in [0.15, 0.2) is 22.1 Å². The summed E-state index contributed by atoms with van der Waals surface area (Å²) in [5, 5.41) is 0. The van der Waals surface area contributed by atoms with Gasteiger partial charge in [-0.25, -0.2) is 4.98 Å². The lowest BCUT2D eigenvalue weighted by Crippen LogP contribution is -1.90. The normalized spacial score (nSPS) is 10.6. The van der Waals surface area contributed by atoms with Crippen LogP contribution in [0.5, 0.6) is 0 Å². The van der Waals surface area contributed by atoms with E-state index in [4.69, 9.17) is 0 Å². The van der Waals surface area contributed by atoms with Gasteiger partial charge in [-0.15, -0.1) is 11.3 Å². The van der Waals surface area contributed by atoms with E-state index in [2.05, 4.69) is 20.9 Å². The smallest absolute Gasteiger partial charge is 0.160 e. The molecule has 0 radical (unpaired) electrons. The maximum atomic E-state index is 11.1. The van der Waals surface area contributed by atoms with Crippen LogP contribution < -0.4 is 0 Å². The molecule has 0 unspecified atom stereocenters. The maximum Gasteiger partial charge on any atom is 0.160 e. The second kappa shape index (κ2) is 3.20. The van der Waals surface area contributed by atoms with Gasteiger partial charge in [-0.05, 0) is 41.1 Å². The van der Waals surface area contributed by atoms with E-state index in [-0.39, 0.29) is 5.78 Å². The average Bonchev–Trinajstić information content (AvgIpc) is 2.42. The lowest BCUT2D eigenvalue weighted by atomic mass is 10.1. The zero-order chi connectivity index (χ0) is 9.42. The van der Waals surface area contributed by atoms with Gasteiger partial charge in [-0.3, -0.25) is 4.79 Å². The Morgan fingerprint density at radius 1 is 1.54 bits per heavy atom. The molecule has 0 aliphatic carbocycles. The molecule has 1 aromatic heterocycles. The van der Waals surface area contributed by atoms with Gasteiger partial charge in [-0.2, -0.15) is 0 Å². The largest absolute Gasteiger partial charge is 0.295 e. The minimum atomic E-state index is 0.0750. The van der Waals surface area contributed by atoms with Crippen molar-refractivity contribution in [2.75, 3.05) is 0 Å². The summed E-state index contributed by atoms with van der Waals surface area (Å²) in [7, 11) is 0. The molecule has 13 heavy (non-hydrogen) atoms. The predicted octanol–water partition coefficient (Wildman–Crippen LogP) is 3.26. The first-order chi connectivity index (χ1) is 6.16. The summed E-state index contributed by atoms with van der Waals surface area (Å²) in [5.41, 5.74) is 1.59. The molecule has 66 valence electrons. The highest BCUT2D eigenvalue weighted by Crippen LogP contribution is 2.26. The molecule has 2 nitrogen and oxygen atoms in total. The summed E-state index contributed by atoms with van der Waals surface area (Å²) >= 11 is 4.88. The monoisotopic (exact) mass is 255 g/mol. The van der Waals surface area contributed by atoms with Gasteiger partial charge >= 0.3 is 0 Å². The molecular weight excluding hydrogens is 250 g/mol. The lowest BCUT2D eigenvalue weighted by Gasteiger charge is -1.93. The van der Waals surface area contributed by atoms with Crippen LogP contribution in [-0.4, -0.2) is 10.8 Å². The van der Waals surface area contributed by atoms with Gasteiger partial charge in [0, 0.05) is 5.56 Å². The van der Waals surface area contributed by atoms with Gasteiger partial charge in [0.1, 0.15) is 0 Å². The highest BCUT2D eigenvalue weighted by molar-refractivity contribution is 9.11. The minimum absolute atomic E-state index is 0.0750. The van der Waals surface area contributed by atoms with E-state index in [0.29, 0.717) is 5.56 Å². The Morgan fingerprint density at radius 2 is 2.31 bits per heavy atom. The van der Waals surface area contributed by atoms with E-state index in [0.717, 1.165) is 14.1 Å². The Morgan fingerprint density at radius 3 is 3.00 bits per heavy atom. The number of ketones is 1. The van der Waals surface area contributed by atoms with Crippen LogP contribution in [0.3, 0.4) is 0 Å². The topological polar surface area (TPSA) is 30.0 Å². The number of benzene rings is 1. The predicted molar refractivity (Wildman–Crippen MR) is 57.3 cm³/mol. The molecule has 0 spiro atoms. The Labute approximate surface area is 87.7 Å². The van der Waals surface area contributed by atoms with Crippen molar-refractivity contribution in [2.45, 2.75) is 6.92 Å². The average molecular weight is 256 g/mol. The number of aromatic nitrogens is 1. The molecule has 0 bridgehead atoms. The van der Waals surface area contributed by atoms with Crippen molar-refractivity contribution in [2.24, 2.45) is 0 Å². The van der Waals surface area contributed by atoms with Crippen molar-refractivity contribution in [3.05, 3.63) is 27.7 Å². The molecule has 1 aromatic carbocycles. The third-order valence-electron chi connectivity index (χ3n) is 1.77. The Bertz CT molecular complexity index is 477. The van der Waals surface area contributed by atoms with Gasteiger partial charge in [0.2, 0.25) is 0 Å². The number of Topliss-reactive ketones (excluding diaryl/α,β-unsaturated/α-hetero) is 1. The van der Waals surface area contributed by atoms with E-state index in [9.17, 15) is 4.79 Å². The number of hydrogen-bond donors (Lipinski definition) is 0. The molecule has 0 fully saturated rings. The quantitative estimate of drug-likeness (QED) is 0.733. The highest BCUT2D eigenvalue weighted by Gasteiger charge is 2.04. The maximum absolute atomic E-state index is 11.1. The summed E-state index contributed by atoms with van der Waals surface area (Å²) in [6.07, 6.45) is 0. The van der Waals surface area contributed by atoms with E-state index in [1.165, 1.54) is 0 Å². The number of nitrogens with zero attached hydrogens (tertiary/aromatic N) is 1. The molecule has 0 saturated heterocycles. The van der Waals surface area contributed by atoms with Gasteiger partial charge in [-0.1, -0.05) is 0 Å². The van der Waals surface area contributed by atoms with Crippen LogP contribution in [0.4, 0.5) is 0 Å². The number of thiazole rings is 1. The van der Waals surface area contributed by atoms with E-state index < -0.39 is 0 Å². The van der Waals surface area contributed by atoms with Gasteiger partial charge in [0.25, 0.3) is 0 Å². The number of carbonyl (C=O) groups is 1. The van der Waals surface area contributed by atoms with Crippen molar-refractivity contribution < 1.29 is 4.79 Å². The molecule has 0 aliphatic heterocycles. The molecule has 1 heterocycles. The number of hydrogen-bond acceptors (Lipinski definition) is 3. The van der Waals surface area contributed by atoms with Crippen LogP contribution in [-0.2, 0) is 0 Å². The SMILES string of the molecule is CC(=O)c1ccc2sc(Br)nc2c1. The van der Waals surface area contributed by atoms with Crippen molar-refractivity contribution in [1.82, 2.24) is 4.98 Å². The molecule has 2 aromatic rings. The molecular formula is C9H6BrNOS. The van der Waals surface area contributed by atoms with E-state index in [1.807, 2.05) is 18.2 Å². The summed E-state index contributed by atoms with van der Waals surface area (Å²) in [4.78, 5) is 15.3. The zero-order valence-corrected chi connectivity index (χ0v) is 9.28. The van der Waals surface area contributed by atoms with Crippen molar-refractivity contribution in [3.63, 3.8) is 0 Å². The van der Waals surface area contributed by atoms with Crippen LogP contribution >= 0.6 is 27.3 Å². The Hall–Kier alpha value is -0.740. The molecule has 0 amide bonds. The molecule has 4 heteroatoms. The number of rotatable bonds is 1. The van der Waals surface area contributed by atoms with Crippen molar-refractivity contribution in [1.29, 1.82) is 0 Å². The zero-order valence-electron chi connectivity index (χ0n) is 6.87. The molecule has 0 N–H and O–H groups in total. The molecule has 0 saturated carbocycles. The minimum Gasteiger partial charge on any atom is -0.295 e. The van der Waals surface area contributed by atoms with Gasteiger partial charge < -0.3 is 0 Å². The first-order valence-corrected chi connectivity index (χ1v) is 5.35. The van der Waals surface area contributed by atoms with Crippen LogP contribution in [0.25, 0.3) is 10.2 Å². The second-order valence-electron chi connectivity index (χ2n) is 2.71. The number of halogens is 1. The summed E-state index contributed by atoms with van der Waals surface area (Å²) < 4.78 is 1.94. The van der Waals surface area contributed by atoms with Crippen LogP contribution in [0.2, 0.25) is 0 Å². The number of carbonyl (C=O) groups excluding carboxylic acids is 1. The van der Waals surface area contributed by atoms with Crippen molar-refractivity contribution in [3.8, 4) is 0 Å². The first kappa shape index (κ1) is 8.84. The standard InChI is InChI=1S/C9H6BrNOS/c1-5(12)6-2-3-8-7(4-6)11-9(10)13-8/h2-4H,1H3. The summed E-state index contributed by atoms with van der Waals surface area (Å²) in [6.45, 7) is 1.56. The fourth-order valence-electron chi connectivity index (χ4n) is 1.12. The molecule has 0 atom stereocenters. The fourth-order valence-corrected chi connectivity index (χ4v) is 2.50. The van der Waals surface area contributed by atoms with Crippen LogP contribution in [0.1, 0.15) is 17.3 Å². The first-order valence-electron chi connectivity index (χ1n) is 3.74. The van der Waals surface area contributed by atoms with Crippen LogP contribution in [0, 0.1) is 0 Å². The summed E-state index contributed by atoms with van der Waals surface area (Å²) in [5.74, 6) is 0.0750. The second-order valence-corrected chi connectivity index (χ2v) is 5.01. The lowest BCUT2D eigenvalue weighted by molar-refractivity contribution is 0.101. The fraction of sp³-hybridized carbons (Fsp3) is 0.111. The van der Waals surface area contributed by atoms with Gasteiger partial charge in [0.15, 0.2) is 9.70 Å². The van der Waals surface area contributed by atoms with E-state index >= 15 is 0 Å². The van der Waals surface area contributed by atoms with Crippen molar-refractivity contribution >= 4 is 43.3 Å². The van der Waals surface area contributed by atoms with Gasteiger partial charge in [0.05, 0.1) is 10.2 Å². The molecule has 0 aliphatic rings. The molecule has 2 rings (SSSR count). The Balaban J connectivity index is 2.67. The highest BCUT2D eigenvalue weighted by atomic mass is 79.9. The summed E-state index contributed by atoms with van der Waals surface area (Å²) in [6, 6.07) is 5.57. The third-order valence-corrected chi connectivity index (χ3v) is 3.26. The third kappa shape index (κ3) is 1.64. The Kier molecular flexibility index (Phi) is 2.17.